The zero-order valence-electron chi connectivity index (χ0n) is 14.0. The molecule has 0 spiro atoms. The maximum atomic E-state index is 12.5. The topological polar surface area (TPSA) is 87.3 Å². The quantitative estimate of drug-likeness (QED) is 0.606. The van der Waals surface area contributed by atoms with Crippen LogP contribution in [0.25, 0.3) is 0 Å². The number of amides is 3. The average molecular weight is 369 g/mol. The van der Waals surface area contributed by atoms with E-state index in [-0.39, 0.29) is 24.9 Å². The van der Waals surface area contributed by atoms with E-state index in [1.54, 1.807) is 17.5 Å². The molecule has 0 aliphatic carbocycles. The lowest BCUT2D eigenvalue weighted by Crippen LogP contribution is -2.50. The first-order chi connectivity index (χ1) is 12.6. The molecule has 0 saturated carbocycles. The van der Waals surface area contributed by atoms with Gasteiger partial charge in [-0.15, -0.1) is 17.8 Å². The molecule has 2 aromatic rings. The summed E-state index contributed by atoms with van der Waals surface area (Å²) in [6, 6.07) is 12.0. The van der Waals surface area contributed by atoms with Gasteiger partial charge in [-0.3, -0.25) is 14.4 Å². The molecule has 3 amide bonds. The summed E-state index contributed by atoms with van der Waals surface area (Å²) in [5.41, 5.74) is 0.899. The first-order valence-electron chi connectivity index (χ1n) is 7.96. The van der Waals surface area contributed by atoms with Crippen LogP contribution in [0.1, 0.15) is 15.2 Å². The number of carbonyl (C=O) groups is 3. The Hall–Kier alpha value is -3.11. The molecule has 1 heterocycles. The van der Waals surface area contributed by atoms with Crippen LogP contribution in [0.4, 0.5) is 0 Å². The highest BCUT2D eigenvalue weighted by atomic mass is 32.1. The summed E-state index contributed by atoms with van der Waals surface area (Å²) < 4.78 is 0. The molecule has 3 N–H and O–H groups in total. The Morgan fingerprint density at radius 1 is 1.08 bits per heavy atom. The van der Waals surface area contributed by atoms with Crippen molar-refractivity contribution < 1.29 is 14.4 Å². The smallest absolute Gasteiger partial charge is 0.262 e. The van der Waals surface area contributed by atoms with Gasteiger partial charge in [-0.1, -0.05) is 42.3 Å². The van der Waals surface area contributed by atoms with E-state index in [4.69, 9.17) is 6.42 Å². The number of terminal acetylenes is 1. The van der Waals surface area contributed by atoms with Crippen LogP contribution in [0.15, 0.2) is 47.8 Å². The SMILES string of the molecule is C#CCNC(=O)CNC(=O)C(Cc1ccccc1)NC(=O)c1cccs1. The monoisotopic (exact) mass is 369 g/mol. The minimum absolute atomic E-state index is 0.0945. The molecule has 7 heteroatoms. The van der Waals surface area contributed by atoms with Gasteiger partial charge in [0.2, 0.25) is 11.8 Å². The molecule has 134 valence electrons. The van der Waals surface area contributed by atoms with E-state index >= 15 is 0 Å². The zero-order valence-corrected chi connectivity index (χ0v) is 14.8. The number of rotatable bonds is 8. The zero-order chi connectivity index (χ0) is 18.8. The fraction of sp³-hybridized carbons (Fsp3) is 0.211. The van der Waals surface area contributed by atoms with Gasteiger partial charge in [0.15, 0.2) is 0 Å². The van der Waals surface area contributed by atoms with Crippen LogP contribution in [-0.2, 0) is 16.0 Å². The molecule has 1 atom stereocenters. The predicted molar refractivity (Wildman–Crippen MR) is 101 cm³/mol. The van der Waals surface area contributed by atoms with Gasteiger partial charge in [0.1, 0.15) is 6.04 Å². The Labute approximate surface area is 156 Å². The van der Waals surface area contributed by atoms with Crippen molar-refractivity contribution in [1.29, 1.82) is 0 Å². The van der Waals surface area contributed by atoms with Crippen molar-refractivity contribution in [3.8, 4) is 12.3 Å². The second-order valence-electron chi connectivity index (χ2n) is 5.39. The highest BCUT2D eigenvalue weighted by Crippen LogP contribution is 2.10. The number of benzene rings is 1. The van der Waals surface area contributed by atoms with Crippen LogP contribution < -0.4 is 16.0 Å². The molecular formula is C19H19N3O3S. The van der Waals surface area contributed by atoms with Gasteiger partial charge in [0.05, 0.1) is 18.0 Å². The Balaban J connectivity index is 2.01. The number of thiophene rings is 1. The molecule has 0 radical (unpaired) electrons. The maximum absolute atomic E-state index is 12.5. The summed E-state index contributed by atoms with van der Waals surface area (Å²) in [5.74, 6) is 1.13. The third kappa shape index (κ3) is 6.07. The lowest BCUT2D eigenvalue weighted by Gasteiger charge is -2.18. The summed E-state index contributed by atoms with van der Waals surface area (Å²) >= 11 is 1.29. The van der Waals surface area contributed by atoms with Crippen molar-refractivity contribution >= 4 is 29.1 Å². The van der Waals surface area contributed by atoms with E-state index < -0.39 is 11.9 Å². The Bertz CT molecular complexity index is 782. The first kappa shape index (κ1) is 19.2. The summed E-state index contributed by atoms with van der Waals surface area (Å²) in [6.07, 6.45) is 5.38. The van der Waals surface area contributed by atoms with Crippen molar-refractivity contribution in [3.05, 3.63) is 58.3 Å². The Morgan fingerprint density at radius 3 is 2.50 bits per heavy atom. The molecule has 0 fully saturated rings. The summed E-state index contributed by atoms with van der Waals surface area (Å²) in [6.45, 7) is -0.113. The van der Waals surface area contributed by atoms with Gasteiger partial charge in [-0.2, -0.15) is 0 Å². The molecule has 0 aliphatic heterocycles. The van der Waals surface area contributed by atoms with Gasteiger partial charge in [0.25, 0.3) is 5.91 Å². The van der Waals surface area contributed by atoms with Gasteiger partial charge in [0, 0.05) is 6.42 Å². The molecule has 0 aliphatic rings. The van der Waals surface area contributed by atoms with E-state index in [0.717, 1.165) is 5.56 Å². The molecule has 6 nitrogen and oxygen atoms in total. The number of nitrogens with one attached hydrogen (secondary N) is 3. The molecule has 2 rings (SSSR count). The van der Waals surface area contributed by atoms with Crippen molar-refractivity contribution in [1.82, 2.24) is 16.0 Å². The number of hydrogen-bond donors (Lipinski definition) is 3. The summed E-state index contributed by atoms with van der Waals surface area (Å²) in [7, 11) is 0. The van der Waals surface area contributed by atoms with E-state index in [9.17, 15) is 14.4 Å². The van der Waals surface area contributed by atoms with Crippen molar-refractivity contribution in [3.63, 3.8) is 0 Å². The fourth-order valence-corrected chi connectivity index (χ4v) is 2.83. The molecule has 0 saturated heterocycles. The molecule has 1 aromatic heterocycles. The van der Waals surface area contributed by atoms with Crippen LogP contribution in [0.5, 0.6) is 0 Å². The van der Waals surface area contributed by atoms with Crippen LogP contribution in [-0.4, -0.2) is 36.9 Å². The van der Waals surface area contributed by atoms with Crippen molar-refractivity contribution in [2.45, 2.75) is 12.5 Å². The summed E-state index contributed by atoms with van der Waals surface area (Å²) in [4.78, 5) is 36.9. The van der Waals surface area contributed by atoms with E-state index in [1.165, 1.54) is 11.3 Å². The van der Waals surface area contributed by atoms with Crippen LogP contribution in [0.2, 0.25) is 0 Å². The minimum atomic E-state index is -0.799. The Kier molecular flexibility index (Phi) is 7.40. The predicted octanol–water partition coefficient (Wildman–Crippen LogP) is 0.955. The van der Waals surface area contributed by atoms with E-state index in [2.05, 4.69) is 21.9 Å². The third-order valence-corrected chi connectivity index (χ3v) is 4.33. The van der Waals surface area contributed by atoms with Gasteiger partial charge in [-0.05, 0) is 17.0 Å². The minimum Gasteiger partial charge on any atom is -0.345 e. The standard InChI is InChI=1S/C19H19N3O3S/c1-2-10-20-17(23)13-21-18(24)15(12-14-7-4-3-5-8-14)22-19(25)16-9-6-11-26-16/h1,3-9,11,15H,10,12-13H2,(H,20,23)(H,21,24)(H,22,25). The second kappa shape index (κ2) is 10.0. The maximum Gasteiger partial charge on any atom is 0.262 e. The molecule has 1 aromatic carbocycles. The van der Waals surface area contributed by atoms with Gasteiger partial charge >= 0.3 is 0 Å². The number of carbonyl (C=O) groups excluding carboxylic acids is 3. The average Bonchev–Trinajstić information content (AvgIpc) is 3.19. The van der Waals surface area contributed by atoms with Gasteiger partial charge < -0.3 is 16.0 Å². The highest BCUT2D eigenvalue weighted by molar-refractivity contribution is 7.12. The van der Waals surface area contributed by atoms with Crippen molar-refractivity contribution in [2.75, 3.05) is 13.1 Å². The highest BCUT2D eigenvalue weighted by Gasteiger charge is 2.22. The van der Waals surface area contributed by atoms with Crippen LogP contribution in [0, 0.1) is 12.3 Å². The van der Waals surface area contributed by atoms with Crippen LogP contribution in [0.3, 0.4) is 0 Å². The number of hydrogen-bond acceptors (Lipinski definition) is 4. The van der Waals surface area contributed by atoms with E-state index in [1.807, 2.05) is 30.3 Å². The van der Waals surface area contributed by atoms with Crippen molar-refractivity contribution in [2.24, 2.45) is 0 Å². The molecular weight excluding hydrogens is 350 g/mol. The molecule has 26 heavy (non-hydrogen) atoms. The molecule has 0 bridgehead atoms. The van der Waals surface area contributed by atoms with E-state index in [0.29, 0.717) is 11.3 Å². The first-order valence-corrected chi connectivity index (χ1v) is 8.84. The van der Waals surface area contributed by atoms with Gasteiger partial charge in [-0.25, -0.2) is 0 Å². The Morgan fingerprint density at radius 2 is 1.85 bits per heavy atom. The second-order valence-corrected chi connectivity index (χ2v) is 6.34. The largest absolute Gasteiger partial charge is 0.345 e. The lowest BCUT2D eigenvalue weighted by atomic mass is 10.1. The van der Waals surface area contributed by atoms with Crippen LogP contribution >= 0.6 is 11.3 Å². The lowest BCUT2D eigenvalue weighted by molar-refractivity contribution is -0.127. The summed E-state index contributed by atoms with van der Waals surface area (Å²) in [5, 5.41) is 9.51. The molecule has 1 unspecified atom stereocenters. The fourth-order valence-electron chi connectivity index (χ4n) is 2.20. The third-order valence-electron chi connectivity index (χ3n) is 3.46. The normalized spacial score (nSPS) is 11.0.